The second kappa shape index (κ2) is 5.52. The monoisotopic (exact) mass is 322 g/mol. The lowest BCUT2D eigenvalue weighted by atomic mass is 10.2. The van der Waals surface area contributed by atoms with Crippen molar-refractivity contribution in [2.45, 2.75) is 0 Å². The van der Waals surface area contributed by atoms with Gasteiger partial charge in [-0.2, -0.15) is 0 Å². The lowest BCUT2D eigenvalue weighted by Gasteiger charge is -2.00. The summed E-state index contributed by atoms with van der Waals surface area (Å²) in [5, 5.41) is 1.41. The van der Waals surface area contributed by atoms with Gasteiger partial charge in [0.05, 0.1) is 0 Å². The first-order valence-corrected chi connectivity index (χ1v) is 8.08. The average Bonchev–Trinajstić information content (AvgIpc) is 3.01. The summed E-state index contributed by atoms with van der Waals surface area (Å²) in [6, 6.07) is 22.2. The van der Waals surface area contributed by atoms with Crippen LogP contribution >= 0.6 is 22.9 Å². The molecule has 0 saturated carbocycles. The van der Waals surface area contributed by atoms with Crippen molar-refractivity contribution in [3.63, 3.8) is 0 Å². The number of rotatable bonds is 2. The van der Waals surface area contributed by atoms with Crippen molar-refractivity contribution < 1.29 is 0 Å². The molecule has 0 bridgehead atoms. The lowest BCUT2D eigenvalue weighted by molar-refractivity contribution is 1.24. The number of thiophene rings is 1. The van der Waals surface area contributed by atoms with Crippen LogP contribution in [0.3, 0.4) is 0 Å². The van der Waals surface area contributed by atoms with Gasteiger partial charge in [0, 0.05) is 15.8 Å². The van der Waals surface area contributed by atoms with Crippen molar-refractivity contribution >= 4 is 33.2 Å². The molecular formula is C18H11ClN2S. The van der Waals surface area contributed by atoms with E-state index in [1.165, 1.54) is 5.56 Å². The second-order valence-electron chi connectivity index (χ2n) is 4.90. The van der Waals surface area contributed by atoms with Crippen LogP contribution in [0.5, 0.6) is 0 Å². The predicted molar refractivity (Wildman–Crippen MR) is 93.3 cm³/mol. The third kappa shape index (κ3) is 2.39. The summed E-state index contributed by atoms with van der Waals surface area (Å²) in [7, 11) is 0. The van der Waals surface area contributed by atoms with Crippen molar-refractivity contribution in [2.75, 3.05) is 0 Å². The summed E-state index contributed by atoms with van der Waals surface area (Å²) in [5.74, 6) is 0.666. The van der Waals surface area contributed by atoms with E-state index >= 15 is 0 Å². The maximum atomic E-state index is 6.37. The van der Waals surface area contributed by atoms with Gasteiger partial charge < -0.3 is 0 Å². The van der Waals surface area contributed by atoms with E-state index < -0.39 is 0 Å². The minimum Gasteiger partial charge on any atom is -0.217 e. The molecule has 0 radical (unpaired) electrons. The van der Waals surface area contributed by atoms with Gasteiger partial charge in [0.25, 0.3) is 0 Å². The van der Waals surface area contributed by atoms with Crippen LogP contribution in [0.25, 0.3) is 32.0 Å². The van der Waals surface area contributed by atoms with Crippen molar-refractivity contribution in [2.24, 2.45) is 0 Å². The Balaban J connectivity index is 1.88. The van der Waals surface area contributed by atoms with Crippen LogP contribution in [0.1, 0.15) is 0 Å². The zero-order chi connectivity index (χ0) is 14.9. The quantitative estimate of drug-likeness (QED) is 0.444. The molecule has 4 rings (SSSR count). The van der Waals surface area contributed by atoms with Gasteiger partial charge in [-0.25, -0.2) is 9.97 Å². The first-order valence-electron chi connectivity index (χ1n) is 6.89. The van der Waals surface area contributed by atoms with Crippen LogP contribution in [0.2, 0.25) is 5.15 Å². The molecule has 2 heterocycles. The molecule has 0 spiro atoms. The van der Waals surface area contributed by atoms with Gasteiger partial charge in [-0.05, 0) is 11.6 Å². The number of nitrogens with zero attached hydrogens (tertiary/aromatic N) is 2. The molecule has 4 heteroatoms. The van der Waals surface area contributed by atoms with Gasteiger partial charge in [0.15, 0.2) is 5.82 Å². The molecule has 0 fully saturated rings. The van der Waals surface area contributed by atoms with Gasteiger partial charge in [0.2, 0.25) is 0 Å². The molecule has 4 aromatic rings. The number of fused-ring (bicyclic) bond motifs is 1. The summed E-state index contributed by atoms with van der Waals surface area (Å²) in [6.07, 6.45) is 0. The molecule has 0 aliphatic heterocycles. The fourth-order valence-corrected chi connectivity index (χ4v) is 3.66. The molecule has 0 unspecified atom stereocenters. The first-order chi connectivity index (χ1) is 10.8. The Morgan fingerprint density at radius 2 is 1.41 bits per heavy atom. The highest BCUT2D eigenvalue weighted by Gasteiger charge is 2.12. The van der Waals surface area contributed by atoms with Crippen molar-refractivity contribution in [1.82, 2.24) is 9.97 Å². The van der Waals surface area contributed by atoms with E-state index in [0.29, 0.717) is 11.0 Å². The molecule has 22 heavy (non-hydrogen) atoms. The summed E-state index contributed by atoms with van der Waals surface area (Å²) in [4.78, 5) is 11.2. The van der Waals surface area contributed by atoms with Gasteiger partial charge in [0.1, 0.15) is 9.98 Å². The normalized spacial score (nSPS) is 11.0. The minimum absolute atomic E-state index is 0.502. The summed E-state index contributed by atoms with van der Waals surface area (Å²) >= 11 is 8.01. The summed E-state index contributed by atoms with van der Waals surface area (Å²) in [6.45, 7) is 0. The van der Waals surface area contributed by atoms with E-state index in [1.807, 2.05) is 48.5 Å². The molecule has 0 amide bonds. The summed E-state index contributed by atoms with van der Waals surface area (Å²) in [5.41, 5.74) is 2.14. The highest BCUT2D eigenvalue weighted by atomic mass is 35.5. The minimum atomic E-state index is 0.502. The molecule has 2 aromatic carbocycles. The molecular weight excluding hydrogens is 312 g/mol. The second-order valence-corrected chi connectivity index (χ2v) is 6.29. The Bertz CT molecular complexity index is 933. The fourth-order valence-electron chi connectivity index (χ4n) is 2.35. The third-order valence-electron chi connectivity index (χ3n) is 3.44. The first kappa shape index (κ1) is 13.4. The van der Waals surface area contributed by atoms with Crippen LogP contribution < -0.4 is 0 Å². The third-order valence-corrected chi connectivity index (χ3v) is 4.80. The number of aromatic nitrogens is 2. The van der Waals surface area contributed by atoms with Gasteiger partial charge in [-0.1, -0.05) is 72.3 Å². The van der Waals surface area contributed by atoms with Crippen LogP contribution in [0.15, 0.2) is 66.7 Å². The van der Waals surface area contributed by atoms with E-state index in [-0.39, 0.29) is 0 Å². The highest BCUT2D eigenvalue weighted by Crippen LogP contribution is 2.36. The SMILES string of the molecule is Clc1nc(-c2ccccc2)nc2sc(-c3ccccc3)cc12. The van der Waals surface area contributed by atoms with Crippen LogP contribution in [-0.4, -0.2) is 9.97 Å². The number of benzene rings is 2. The Labute approximate surface area is 137 Å². The fraction of sp³-hybridized carbons (Fsp3) is 0. The largest absolute Gasteiger partial charge is 0.217 e. The van der Waals surface area contributed by atoms with E-state index in [2.05, 4.69) is 28.2 Å². The molecule has 0 atom stereocenters. The number of halogens is 1. The molecule has 2 nitrogen and oxygen atoms in total. The molecule has 0 aliphatic carbocycles. The molecule has 0 N–H and O–H groups in total. The van der Waals surface area contributed by atoms with Crippen LogP contribution in [0.4, 0.5) is 0 Å². The predicted octanol–water partition coefficient (Wildman–Crippen LogP) is 5.68. The average molecular weight is 323 g/mol. The standard InChI is InChI=1S/C18H11ClN2S/c19-16-14-11-15(12-7-3-1-4-8-12)22-18(14)21-17(20-16)13-9-5-2-6-10-13/h1-11H. The van der Waals surface area contributed by atoms with Crippen LogP contribution in [-0.2, 0) is 0 Å². The van der Waals surface area contributed by atoms with Crippen molar-refractivity contribution in [3.05, 3.63) is 71.9 Å². The molecule has 0 saturated heterocycles. The Morgan fingerprint density at radius 1 is 0.773 bits per heavy atom. The zero-order valence-corrected chi connectivity index (χ0v) is 13.1. The van der Waals surface area contributed by atoms with E-state index in [9.17, 15) is 0 Å². The van der Waals surface area contributed by atoms with Gasteiger partial charge in [-0.3, -0.25) is 0 Å². The Kier molecular flexibility index (Phi) is 3.37. The maximum Gasteiger partial charge on any atom is 0.162 e. The Morgan fingerprint density at radius 3 is 2.09 bits per heavy atom. The highest BCUT2D eigenvalue weighted by molar-refractivity contribution is 7.22. The van der Waals surface area contributed by atoms with Gasteiger partial charge in [-0.15, -0.1) is 11.3 Å². The number of hydrogen-bond acceptors (Lipinski definition) is 3. The van der Waals surface area contributed by atoms with Crippen LogP contribution in [0, 0.1) is 0 Å². The Hall–Kier alpha value is -2.23. The maximum absolute atomic E-state index is 6.37. The number of hydrogen-bond donors (Lipinski definition) is 0. The van der Waals surface area contributed by atoms with E-state index in [1.54, 1.807) is 11.3 Å². The zero-order valence-electron chi connectivity index (χ0n) is 11.5. The molecule has 0 aliphatic rings. The van der Waals surface area contributed by atoms with Crippen molar-refractivity contribution in [1.29, 1.82) is 0 Å². The van der Waals surface area contributed by atoms with Crippen molar-refractivity contribution in [3.8, 4) is 21.8 Å². The molecule has 106 valence electrons. The van der Waals surface area contributed by atoms with Gasteiger partial charge >= 0.3 is 0 Å². The molecule has 2 aromatic heterocycles. The van der Waals surface area contributed by atoms with E-state index in [0.717, 1.165) is 20.7 Å². The lowest BCUT2D eigenvalue weighted by Crippen LogP contribution is -1.88. The summed E-state index contributed by atoms with van der Waals surface area (Å²) < 4.78 is 0. The smallest absolute Gasteiger partial charge is 0.162 e. The topological polar surface area (TPSA) is 25.8 Å². The van der Waals surface area contributed by atoms with E-state index in [4.69, 9.17) is 11.6 Å².